The minimum atomic E-state index is 0.385. The van der Waals surface area contributed by atoms with Crippen LogP contribution in [0.4, 0.5) is 0 Å². The fraction of sp³-hybridized carbons (Fsp3) is 0.100. The van der Waals surface area contributed by atoms with Gasteiger partial charge in [0.25, 0.3) is 0 Å². The number of hydrogen-bond donors (Lipinski definition) is 0. The average molecular weight is 539 g/mol. The number of nitrogens with zero attached hydrogens (tertiary/aromatic N) is 2. The maximum Gasteiger partial charge on any atom is 0.0780 e. The van der Waals surface area contributed by atoms with Crippen molar-refractivity contribution in [2.75, 3.05) is 0 Å². The maximum absolute atomic E-state index is 5.26. The van der Waals surface area contributed by atoms with Crippen LogP contribution in [-0.4, -0.2) is 9.97 Å². The van der Waals surface area contributed by atoms with Gasteiger partial charge >= 0.3 is 0 Å². The van der Waals surface area contributed by atoms with Crippen molar-refractivity contribution in [3.63, 3.8) is 0 Å². The van der Waals surface area contributed by atoms with Gasteiger partial charge in [-0.2, -0.15) is 0 Å². The average Bonchev–Trinajstić information content (AvgIpc) is 3.07. The molecule has 42 heavy (non-hydrogen) atoms. The van der Waals surface area contributed by atoms with E-state index in [-0.39, 0.29) is 0 Å². The number of benzene rings is 4. The van der Waals surface area contributed by atoms with E-state index in [1.54, 1.807) is 0 Å². The molecule has 0 radical (unpaired) electrons. The lowest BCUT2D eigenvalue weighted by molar-refractivity contribution is 0.855. The molecule has 2 heterocycles. The first kappa shape index (κ1) is 24.7. The van der Waals surface area contributed by atoms with Crippen molar-refractivity contribution in [3.8, 4) is 33.5 Å². The second-order valence-corrected chi connectivity index (χ2v) is 11.3. The van der Waals surface area contributed by atoms with Crippen molar-refractivity contribution in [3.05, 3.63) is 150 Å². The van der Waals surface area contributed by atoms with Crippen molar-refractivity contribution < 1.29 is 0 Å². The van der Waals surface area contributed by atoms with Crippen LogP contribution >= 0.6 is 0 Å². The zero-order valence-corrected chi connectivity index (χ0v) is 23.4. The first-order valence-electron chi connectivity index (χ1n) is 14.8. The van der Waals surface area contributed by atoms with Crippen LogP contribution in [0.1, 0.15) is 35.4 Å². The van der Waals surface area contributed by atoms with E-state index in [0.717, 1.165) is 52.5 Å². The molecule has 0 amide bonds. The smallest absolute Gasteiger partial charge is 0.0780 e. The number of aromatic nitrogens is 2. The third-order valence-electron chi connectivity index (χ3n) is 8.70. The Morgan fingerprint density at radius 2 is 1.55 bits per heavy atom. The molecule has 0 aliphatic heterocycles. The summed E-state index contributed by atoms with van der Waals surface area (Å²) in [5.74, 6) is 0.385. The highest BCUT2D eigenvalue weighted by atomic mass is 14.7. The van der Waals surface area contributed by atoms with Gasteiger partial charge in [0.1, 0.15) is 0 Å². The predicted molar refractivity (Wildman–Crippen MR) is 176 cm³/mol. The van der Waals surface area contributed by atoms with Gasteiger partial charge < -0.3 is 0 Å². The standard InChI is InChI=1S/C40H30N2/c1-2-8-27(9-3-1)33-21-22-36-37(26-38(42-39(36)25-33)34-20-15-28-10-4-5-11-32(28)24-34)30-18-16-29(17-19-30)35-14-6-12-31-13-7-23-41-40(31)35/h1-3,5-8,11-27H,4,9-10H2. The summed E-state index contributed by atoms with van der Waals surface area (Å²) in [5, 5.41) is 2.33. The summed E-state index contributed by atoms with van der Waals surface area (Å²) in [6, 6.07) is 35.4. The van der Waals surface area contributed by atoms with Gasteiger partial charge in [-0.1, -0.05) is 109 Å². The topological polar surface area (TPSA) is 25.8 Å². The molecular formula is C40H30N2. The number of pyridine rings is 2. The van der Waals surface area contributed by atoms with Crippen LogP contribution in [0.3, 0.4) is 0 Å². The van der Waals surface area contributed by atoms with Crippen molar-refractivity contribution in [2.24, 2.45) is 0 Å². The third kappa shape index (κ3) is 4.46. The molecule has 2 nitrogen and oxygen atoms in total. The highest BCUT2D eigenvalue weighted by Gasteiger charge is 2.15. The van der Waals surface area contributed by atoms with Crippen LogP contribution in [-0.2, 0) is 6.42 Å². The van der Waals surface area contributed by atoms with Gasteiger partial charge in [-0.3, -0.25) is 4.98 Å². The van der Waals surface area contributed by atoms with E-state index in [2.05, 4.69) is 132 Å². The van der Waals surface area contributed by atoms with Crippen LogP contribution in [0, 0.1) is 0 Å². The molecule has 0 saturated carbocycles. The fourth-order valence-electron chi connectivity index (χ4n) is 6.44. The Labute approximate surface area is 246 Å². The van der Waals surface area contributed by atoms with Gasteiger partial charge in [-0.05, 0) is 76.9 Å². The molecule has 2 heteroatoms. The lowest BCUT2D eigenvalue weighted by atomic mass is 9.89. The molecule has 0 bridgehead atoms. The van der Waals surface area contributed by atoms with Gasteiger partial charge in [0.05, 0.1) is 16.7 Å². The second-order valence-electron chi connectivity index (χ2n) is 11.3. The number of rotatable bonds is 4. The zero-order chi connectivity index (χ0) is 27.9. The van der Waals surface area contributed by atoms with Crippen LogP contribution in [0.25, 0.3) is 61.4 Å². The largest absolute Gasteiger partial charge is 0.256 e. The predicted octanol–water partition coefficient (Wildman–Crippen LogP) is 10.3. The molecule has 0 saturated heterocycles. The Morgan fingerprint density at radius 3 is 2.43 bits per heavy atom. The van der Waals surface area contributed by atoms with Gasteiger partial charge in [0.2, 0.25) is 0 Å². The van der Waals surface area contributed by atoms with Gasteiger partial charge in [-0.25, -0.2) is 4.98 Å². The summed E-state index contributed by atoms with van der Waals surface area (Å²) >= 11 is 0. The van der Waals surface area contributed by atoms with E-state index in [0.29, 0.717) is 5.92 Å². The summed E-state index contributed by atoms with van der Waals surface area (Å²) in [5.41, 5.74) is 13.0. The molecule has 2 aliphatic carbocycles. The molecule has 0 spiro atoms. The number of fused-ring (bicyclic) bond motifs is 3. The summed E-state index contributed by atoms with van der Waals surface area (Å²) in [6.45, 7) is 0. The number of para-hydroxylation sites is 1. The highest BCUT2D eigenvalue weighted by molar-refractivity contribution is 5.98. The van der Waals surface area contributed by atoms with E-state index in [1.165, 1.54) is 38.8 Å². The Hall–Kier alpha value is -5.08. The fourth-order valence-corrected chi connectivity index (χ4v) is 6.44. The van der Waals surface area contributed by atoms with Crippen molar-refractivity contribution in [1.82, 2.24) is 9.97 Å². The molecule has 0 fully saturated rings. The number of hydrogen-bond acceptors (Lipinski definition) is 2. The number of allylic oxidation sites excluding steroid dienone is 5. The molecule has 1 unspecified atom stereocenters. The summed E-state index contributed by atoms with van der Waals surface area (Å²) in [6.07, 6.45) is 18.5. The van der Waals surface area contributed by atoms with E-state index in [4.69, 9.17) is 4.98 Å². The van der Waals surface area contributed by atoms with Gasteiger partial charge in [-0.15, -0.1) is 0 Å². The zero-order valence-electron chi connectivity index (χ0n) is 23.4. The van der Waals surface area contributed by atoms with E-state index in [1.807, 2.05) is 12.3 Å². The Morgan fingerprint density at radius 1 is 0.690 bits per heavy atom. The van der Waals surface area contributed by atoms with E-state index in [9.17, 15) is 0 Å². The minimum Gasteiger partial charge on any atom is -0.256 e. The molecular weight excluding hydrogens is 508 g/mol. The normalized spacial score (nSPS) is 15.8. The molecule has 8 rings (SSSR count). The maximum atomic E-state index is 5.26. The van der Waals surface area contributed by atoms with Crippen LogP contribution in [0.15, 0.2) is 134 Å². The molecule has 4 aromatic carbocycles. The van der Waals surface area contributed by atoms with Crippen LogP contribution in [0.2, 0.25) is 0 Å². The van der Waals surface area contributed by atoms with Crippen molar-refractivity contribution >= 4 is 27.9 Å². The summed E-state index contributed by atoms with van der Waals surface area (Å²) in [4.78, 5) is 9.94. The summed E-state index contributed by atoms with van der Waals surface area (Å²) < 4.78 is 0. The Kier molecular flexibility index (Phi) is 6.11. The van der Waals surface area contributed by atoms with Crippen LogP contribution in [0.5, 0.6) is 0 Å². The Balaban J connectivity index is 1.27. The second kappa shape index (κ2) is 10.4. The van der Waals surface area contributed by atoms with Crippen molar-refractivity contribution in [1.29, 1.82) is 0 Å². The molecule has 2 aliphatic rings. The van der Waals surface area contributed by atoms with E-state index < -0.39 is 0 Å². The molecule has 1 atom stereocenters. The van der Waals surface area contributed by atoms with Gasteiger partial charge in [0, 0.05) is 34.0 Å². The lowest BCUT2D eigenvalue weighted by Gasteiger charge is -2.17. The molecule has 2 aromatic heterocycles. The SMILES string of the molecule is C1=CCC(c2ccc3c(-c4ccc(-c5cccc6cccnc56)cc4)cc(-c4ccc5c(c4)C=CCC5)nc3c2)C=C1. The molecule has 6 aromatic rings. The molecule has 200 valence electrons. The molecule has 0 N–H and O–H groups in total. The van der Waals surface area contributed by atoms with Gasteiger partial charge in [0.15, 0.2) is 0 Å². The number of aryl methyl sites for hydroxylation is 1. The lowest BCUT2D eigenvalue weighted by Crippen LogP contribution is -1.98. The Bertz CT molecular complexity index is 2060. The highest BCUT2D eigenvalue weighted by Crippen LogP contribution is 2.37. The first-order chi connectivity index (χ1) is 20.8. The third-order valence-corrected chi connectivity index (χ3v) is 8.70. The minimum absolute atomic E-state index is 0.385. The van der Waals surface area contributed by atoms with E-state index >= 15 is 0 Å². The van der Waals surface area contributed by atoms with Crippen molar-refractivity contribution in [2.45, 2.75) is 25.2 Å². The summed E-state index contributed by atoms with van der Waals surface area (Å²) in [7, 11) is 0. The monoisotopic (exact) mass is 538 g/mol. The quantitative estimate of drug-likeness (QED) is 0.223. The van der Waals surface area contributed by atoms with Crippen LogP contribution < -0.4 is 0 Å². The first-order valence-corrected chi connectivity index (χ1v) is 14.8.